The van der Waals surface area contributed by atoms with Crippen molar-refractivity contribution >= 4 is 5.97 Å². The number of benzene rings is 3. The van der Waals surface area contributed by atoms with Crippen molar-refractivity contribution in [3.05, 3.63) is 88.5 Å². The van der Waals surface area contributed by atoms with Crippen LogP contribution in [0.3, 0.4) is 0 Å². The molecule has 4 nitrogen and oxygen atoms in total. The maximum Gasteiger partial charge on any atom is 0.304 e. The van der Waals surface area contributed by atoms with E-state index in [0.717, 1.165) is 31.7 Å². The highest BCUT2D eigenvalue weighted by atomic mass is 16.5. The van der Waals surface area contributed by atoms with Crippen molar-refractivity contribution in [1.82, 2.24) is 4.90 Å². The van der Waals surface area contributed by atoms with Gasteiger partial charge in [-0.15, -0.1) is 0 Å². The third-order valence-corrected chi connectivity index (χ3v) is 6.20. The molecule has 0 aromatic heterocycles. The van der Waals surface area contributed by atoms with E-state index in [1.54, 1.807) is 0 Å². The zero-order valence-corrected chi connectivity index (χ0v) is 18.9. The van der Waals surface area contributed by atoms with Crippen LogP contribution in [0.25, 0.3) is 11.1 Å². The zero-order valence-electron chi connectivity index (χ0n) is 18.9. The molecule has 0 saturated carbocycles. The fourth-order valence-corrected chi connectivity index (χ4v) is 4.41. The molecular formula is C28H31NO3. The minimum absolute atomic E-state index is 0.198. The summed E-state index contributed by atoms with van der Waals surface area (Å²) in [5.41, 5.74) is 8.89. The molecule has 0 bridgehead atoms. The number of carboxylic acid groups (broad SMARTS) is 1. The molecule has 4 rings (SSSR count). The number of carbonyl (C=O) groups is 1. The van der Waals surface area contributed by atoms with Crippen LogP contribution in [0.5, 0.6) is 5.75 Å². The average molecular weight is 430 g/mol. The van der Waals surface area contributed by atoms with Crippen molar-refractivity contribution in [2.75, 3.05) is 13.1 Å². The molecular weight excluding hydrogens is 398 g/mol. The second-order valence-electron chi connectivity index (χ2n) is 8.60. The molecule has 0 unspecified atom stereocenters. The van der Waals surface area contributed by atoms with Crippen LogP contribution in [0, 0.1) is 6.92 Å². The number of hydrogen-bond donors (Lipinski definition) is 1. The summed E-state index contributed by atoms with van der Waals surface area (Å²) in [6, 6.07) is 21.6. The van der Waals surface area contributed by atoms with E-state index in [2.05, 4.69) is 79.4 Å². The van der Waals surface area contributed by atoms with Crippen molar-refractivity contribution < 1.29 is 14.6 Å². The van der Waals surface area contributed by atoms with Gasteiger partial charge >= 0.3 is 5.97 Å². The Morgan fingerprint density at radius 2 is 1.94 bits per heavy atom. The fourth-order valence-electron chi connectivity index (χ4n) is 4.41. The first kappa shape index (κ1) is 22.1. The van der Waals surface area contributed by atoms with Gasteiger partial charge in [-0.2, -0.15) is 0 Å². The Kier molecular flexibility index (Phi) is 6.91. The van der Waals surface area contributed by atoms with Crippen LogP contribution in [0.1, 0.15) is 41.2 Å². The topological polar surface area (TPSA) is 49.8 Å². The Labute approximate surface area is 190 Å². The Balaban J connectivity index is 1.41. The number of nitrogens with zero attached hydrogens (tertiary/aromatic N) is 1. The van der Waals surface area contributed by atoms with Gasteiger partial charge in [0.25, 0.3) is 0 Å². The lowest BCUT2D eigenvalue weighted by Crippen LogP contribution is -2.32. The molecule has 1 heterocycles. The molecule has 0 spiro atoms. The van der Waals surface area contributed by atoms with Gasteiger partial charge in [-0.25, -0.2) is 0 Å². The molecule has 3 aromatic rings. The summed E-state index contributed by atoms with van der Waals surface area (Å²) < 4.78 is 6.15. The van der Waals surface area contributed by atoms with Gasteiger partial charge < -0.3 is 9.84 Å². The molecule has 4 heteroatoms. The average Bonchev–Trinajstić information content (AvgIpc) is 2.81. The molecule has 1 N–H and O–H groups in total. The lowest BCUT2D eigenvalue weighted by Gasteiger charge is -2.28. The molecule has 0 saturated heterocycles. The molecule has 0 aliphatic carbocycles. The number of rotatable bonds is 8. The van der Waals surface area contributed by atoms with Crippen molar-refractivity contribution in [2.24, 2.45) is 0 Å². The van der Waals surface area contributed by atoms with E-state index in [9.17, 15) is 4.79 Å². The van der Waals surface area contributed by atoms with Crippen LogP contribution in [0.15, 0.2) is 60.7 Å². The minimum Gasteiger partial charge on any atom is -0.489 e. The van der Waals surface area contributed by atoms with Crippen LogP contribution in [-0.4, -0.2) is 29.1 Å². The summed E-state index contributed by atoms with van der Waals surface area (Å²) >= 11 is 0. The summed E-state index contributed by atoms with van der Waals surface area (Å²) in [6.45, 7) is 7.19. The standard InChI is InChI=1S/C28H31NO3/c1-3-22-17-26(9-10-27(22)24-6-4-5-20(2)15-24)32-19-21-7-8-25-18-29(14-12-28(30)31)13-11-23(25)16-21/h4-10,15-17H,3,11-14,18-19H2,1-2H3,(H,30,31). The third kappa shape index (κ3) is 5.38. The molecule has 0 amide bonds. The smallest absolute Gasteiger partial charge is 0.304 e. The van der Waals surface area contributed by atoms with E-state index in [0.29, 0.717) is 13.2 Å². The SMILES string of the molecule is CCc1cc(OCc2ccc3c(c2)CCN(CCC(=O)O)C3)ccc1-c1cccc(C)c1. The highest BCUT2D eigenvalue weighted by molar-refractivity contribution is 5.69. The van der Waals surface area contributed by atoms with Crippen molar-refractivity contribution in [2.45, 2.75) is 46.3 Å². The quantitative estimate of drug-likeness (QED) is 0.504. The van der Waals surface area contributed by atoms with E-state index < -0.39 is 5.97 Å². The first-order valence-corrected chi connectivity index (χ1v) is 11.4. The normalized spacial score (nSPS) is 13.6. The van der Waals surface area contributed by atoms with Gasteiger partial charge in [-0.1, -0.05) is 61.0 Å². The first-order chi connectivity index (χ1) is 15.5. The Morgan fingerprint density at radius 1 is 1.06 bits per heavy atom. The predicted octanol–water partition coefficient (Wildman–Crippen LogP) is 5.64. The molecule has 0 atom stereocenters. The molecule has 166 valence electrons. The number of carboxylic acids is 1. The monoisotopic (exact) mass is 429 g/mol. The highest BCUT2D eigenvalue weighted by Gasteiger charge is 2.17. The molecule has 32 heavy (non-hydrogen) atoms. The Bertz CT molecular complexity index is 1110. The first-order valence-electron chi connectivity index (χ1n) is 11.4. The predicted molar refractivity (Wildman–Crippen MR) is 128 cm³/mol. The summed E-state index contributed by atoms with van der Waals surface area (Å²) in [5.74, 6) is 0.164. The van der Waals surface area contributed by atoms with Crippen LogP contribution < -0.4 is 4.74 Å². The molecule has 0 radical (unpaired) electrons. The van der Waals surface area contributed by atoms with Gasteiger partial charge in [-0.3, -0.25) is 9.69 Å². The van der Waals surface area contributed by atoms with Crippen molar-refractivity contribution in [3.8, 4) is 16.9 Å². The number of hydrogen-bond acceptors (Lipinski definition) is 3. The van der Waals surface area contributed by atoms with E-state index >= 15 is 0 Å². The minimum atomic E-state index is -0.735. The molecule has 0 fully saturated rings. The molecule has 3 aromatic carbocycles. The van der Waals surface area contributed by atoms with E-state index in [1.807, 2.05) is 0 Å². The van der Waals surface area contributed by atoms with Gasteiger partial charge in [0.1, 0.15) is 12.4 Å². The van der Waals surface area contributed by atoms with Gasteiger partial charge in [0.05, 0.1) is 6.42 Å². The van der Waals surface area contributed by atoms with Crippen LogP contribution in [0.2, 0.25) is 0 Å². The van der Waals surface area contributed by atoms with E-state index in [1.165, 1.54) is 38.9 Å². The highest BCUT2D eigenvalue weighted by Crippen LogP contribution is 2.29. The van der Waals surface area contributed by atoms with Crippen LogP contribution >= 0.6 is 0 Å². The molecule has 1 aliphatic heterocycles. The zero-order chi connectivity index (χ0) is 22.5. The Morgan fingerprint density at radius 3 is 2.72 bits per heavy atom. The van der Waals surface area contributed by atoms with Gasteiger partial charge in [0, 0.05) is 19.6 Å². The van der Waals surface area contributed by atoms with Crippen LogP contribution in [-0.2, 0) is 30.8 Å². The van der Waals surface area contributed by atoms with Gasteiger partial charge in [0.2, 0.25) is 0 Å². The number of aliphatic carboxylic acids is 1. The summed E-state index contributed by atoms with van der Waals surface area (Å²) in [5, 5.41) is 8.91. The van der Waals surface area contributed by atoms with Gasteiger partial charge in [-0.05, 0) is 65.3 Å². The lowest BCUT2D eigenvalue weighted by atomic mass is 9.96. The summed E-state index contributed by atoms with van der Waals surface area (Å²) in [4.78, 5) is 13.0. The van der Waals surface area contributed by atoms with Crippen molar-refractivity contribution in [1.29, 1.82) is 0 Å². The number of fused-ring (bicyclic) bond motifs is 1. The fraction of sp³-hybridized carbons (Fsp3) is 0.321. The second kappa shape index (κ2) is 10.0. The number of aryl methyl sites for hydroxylation is 2. The molecule has 1 aliphatic rings. The van der Waals surface area contributed by atoms with Gasteiger partial charge in [0.15, 0.2) is 0 Å². The van der Waals surface area contributed by atoms with Crippen molar-refractivity contribution in [3.63, 3.8) is 0 Å². The van der Waals surface area contributed by atoms with E-state index in [4.69, 9.17) is 9.84 Å². The summed E-state index contributed by atoms with van der Waals surface area (Å²) in [6.07, 6.45) is 2.11. The largest absolute Gasteiger partial charge is 0.489 e. The maximum absolute atomic E-state index is 10.8. The second-order valence-corrected chi connectivity index (χ2v) is 8.60. The lowest BCUT2D eigenvalue weighted by molar-refractivity contribution is -0.137. The maximum atomic E-state index is 10.8. The van der Waals surface area contributed by atoms with Crippen LogP contribution in [0.4, 0.5) is 0 Å². The number of ether oxygens (including phenoxy) is 1. The Hall–Kier alpha value is -3.11. The third-order valence-electron chi connectivity index (χ3n) is 6.20. The van der Waals surface area contributed by atoms with E-state index in [-0.39, 0.29) is 6.42 Å². The summed E-state index contributed by atoms with van der Waals surface area (Å²) in [7, 11) is 0.